The molecule has 6 nitrogen and oxygen atoms in total. The number of carbonyl (C=O) groups excluding carboxylic acids is 1. The van der Waals surface area contributed by atoms with Crippen molar-refractivity contribution in [3.63, 3.8) is 0 Å². The standard InChI is InChI=1S/C15H21N3O3/c1-10-8-18(9-11(2)20-10)7-5-13-15(19)17-14-12(21-13)4-3-6-16-14/h3-4,6,10-11,13H,5,7-9H2,1-2H3,(H,16,17,19)/t10-,11+,13-/m0/s1. The van der Waals surface area contributed by atoms with Gasteiger partial charge >= 0.3 is 0 Å². The molecule has 1 aromatic heterocycles. The highest BCUT2D eigenvalue weighted by Crippen LogP contribution is 2.27. The molecule has 1 aromatic rings. The molecule has 3 rings (SSSR count). The Hall–Kier alpha value is -1.66. The van der Waals surface area contributed by atoms with Crippen molar-refractivity contribution in [3.05, 3.63) is 18.3 Å². The van der Waals surface area contributed by atoms with E-state index in [0.29, 0.717) is 18.0 Å². The molecular weight excluding hydrogens is 270 g/mol. The fraction of sp³-hybridized carbons (Fsp3) is 0.600. The lowest BCUT2D eigenvalue weighted by Gasteiger charge is -2.36. The van der Waals surface area contributed by atoms with Crippen LogP contribution in [0.25, 0.3) is 0 Å². The quantitative estimate of drug-likeness (QED) is 0.909. The first-order valence-electron chi connectivity index (χ1n) is 7.42. The summed E-state index contributed by atoms with van der Waals surface area (Å²) in [6.45, 7) is 6.78. The van der Waals surface area contributed by atoms with Crippen molar-refractivity contribution in [2.45, 2.75) is 38.6 Å². The Morgan fingerprint density at radius 2 is 2.14 bits per heavy atom. The first-order chi connectivity index (χ1) is 10.1. The summed E-state index contributed by atoms with van der Waals surface area (Å²) in [5, 5.41) is 2.80. The summed E-state index contributed by atoms with van der Waals surface area (Å²) in [5.74, 6) is 1.04. The Labute approximate surface area is 124 Å². The van der Waals surface area contributed by atoms with Crippen LogP contribution in [0.1, 0.15) is 20.3 Å². The number of ether oxygens (including phenoxy) is 2. The number of morpholine rings is 1. The molecule has 1 fully saturated rings. The molecule has 1 N–H and O–H groups in total. The third-order valence-corrected chi connectivity index (χ3v) is 3.78. The van der Waals surface area contributed by atoms with Crippen LogP contribution in [0.2, 0.25) is 0 Å². The van der Waals surface area contributed by atoms with Crippen molar-refractivity contribution >= 4 is 11.7 Å². The number of aromatic nitrogens is 1. The molecule has 1 amide bonds. The van der Waals surface area contributed by atoms with Gasteiger partial charge in [-0.3, -0.25) is 9.69 Å². The summed E-state index contributed by atoms with van der Waals surface area (Å²) in [6.07, 6.45) is 2.33. The minimum absolute atomic E-state index is 0.115. The SMILES string of the molecule is C[C@@H]1CN(CC[C@@H]2Oc3cccnc3NC2=O)C[C@H](C)O1. The lowest BCUT2D eigenvalue weighted by Crippen LogP contribution is -2.47. The van der Waals surface area contributed by atoms with Crippen LogP contribution in [-0.4, -0.2) is 53.7 Å². The number of amides is 1. The molecule has 2 aliphatic heterocycles. The number of rotatable bonds is 3. The Bertz CT molecular complexity index is 513. The van der Waals surface area contributed by atoms with Gasteiger partial charge in [-0.05, 0) is 26.0 Å². The van der Waals surface area contributed by atoms with Gasteiger partial charge in [0.05, 0.1) is 12.2 Å². The molecule has 1 saturated heterocycles. The molecule has 3 heterocycles. The minimum atomic E-state index is -0.449. The van der Waals surface area contributed by atoms with E-state index in [9.17, 15) is 4.79 Å². The zero-order chi connectivity index (χ0) is 14.8. The van der Waals surface area contributed by atoms with Crippen LogP contribution in [0.5, 0.6) is 5.75 Å². The first-order valence-corrected chi connectivity index (χ1v) is 7.42. The maximum absolute atomic E-state index is 12.0. The molecule has 114 valence electrons. The van der Waals surface area contributed by atoms with Crippen LogP contribution < -0.4 is 10.1 Å². The molecule has 0 aliphatic carbocycles. The van der Waals surface area contributed by atoms with Crippen LogP contribution in [0.4, 0.5) is 5.82 Å². The number of nitrogens with one attached hydrogen (secondary N) is 1. The third-order valence-electron chi connectivity index (χ3n) is 3.78. The predicted octanol–water partition coefficient (Wildman–Crippen LogP) is 1.28. The van der Waals surface area contributed by atoms with E-state index in [-0.39, 0.29) is 18.1 Å². The average molecular weight is 291 g/mol. The molecular formula is C15H21N3O3. The van der Waals surface area contributed by atoms with Crippen LogP contribution in [0.15, 0.2) is 18.3 Å². The van der Waals surface area contributed by atoms with Gasteiger partial charge in [0.2, 0.25) is 0 Å². The number of hydrogen-bond donors (Lipinski definition) is 1. The molecule has 21 heavy (non-hydrogen) atoms. The fourth-order valence-corrected chi connectivity index (χ4v) is 2.94. The summed E-state index contributed by atoms with van der Waals surface area (Å²) < 4.78 is 11.5. The summed E-state index contributed by atoms with van der Waals surface area (Å²) >= 11 is 0. The van der Waals surface area contributed by atoms with Gasteiger partial charge in [0.15, 0.2) is 17.7 Å². The average Bonchev–Trinajstić information content (AvgIpc) is 2.44. The van der Waals surface area contributed by atoms with Crippen LogP contribution >= 0.6 is 0 Å². The predicted molar refractivity (Wildman–Crippen MR) is 78.3 cm³/mol. The minimum Gasteiger partial charge on any atom is -0.477 e. The van der Waals surface area contributed by atoms with Gasteiger partial charge in [-0.25, -0.2) is 4.98 Å². The lowest BCUT2D eigenvalue weighted by molar-refractivity contribution is -0.124. The molecule has 0 saturated carbocycles. The normalized spacial score (nSPS) is 29.4. The van der Waals surface area contributed by atoms with Gasteiger partial charge < -0.3 is 14.8 Å². The second-order valence-electron chi connectivity index (χ2n) is 5.75. The van der Waals surface area contributed by atoms with E-state index in [2.05, 4.69) is 29.0 Å². The Morgan fingerprint density at radius 1 is 1.38 bits per heavy atom. The topological polar surface area (TPSA) is 63.7 Å². The largest absolute Gasteiger partial charge is 0.477 e. The summed E-state index contributed by atoms with van der Waals surface area (Å²) in [7, 11) is 0. The van der Waals surface area contributed by atoms with Gasteiger partial charge in [-0.15, -0.1) is 0 Å². The molecule has 0 unspecified atom stereocenters. The second-order valence-corrected chi connectivity index (χ2v) is 5.75. The van der Waals surface area contributed by atoms with Crippen molar-refractivity contribution in [1.29, 1.82) is 0 Å². The van der Waals surface area contributed by atoms with Crippen LogP contribution in [-0.2, 0) is 9.53 Å². The van der Waals surface area contributed by atoms with Crippen LogP contribution in [0.3, 0.4) is 0 Å². The zero-order valence-electron chi connectivity index (χ0n) is 12.4. The van der Waals surface area contributed by atoms with Gasteiger partial charge in [0.1, 0.15) is 0 Å². The number of anilines is 1. The van der Waals surface area contributed by atoms with Gasteiger partial charge in [0.25, 0.3) is 5.91 Å². The molecule has 0 radical (unpaired) electrons. The Morgan fingerprint density at radius 3 is 2.90 bits per heavy atom. The van der Waals surface area contributed by atoms with Gasteiger partial charge in [-0.2, -0.15) is 0 Å². The molecule has 0 bridgehead atoms. The van der Waals surface area contributed by atoms with Crippen molar-refractivity contribution in [1.82, 2.24) is 9.88 Å². The van der Waals surface area contributed by atoms with E-state index in [1.165, 1.54) is 0 Å². The van der Waals surface area contributed by atoms with E-state index < -0.39 is 6.10 Å². The third kappa shape index (κ3) is 3.33. The summed E-state index contributed by atoms with van der Waals surface area (Å²) in [5.41, 5.74) is 0. The number of fused-ring (bicyclic) bond motifs is 1. The van der Waals surface area contributed by atoms with E-state index in [0.717, 1.165) is 19.6 Å². The van der Waals surface area contributed by atoms with E-state index in [1.54, 1.807) is 12.3 Å². The van der Waals surface area contributed by atoms with Gasteiger partial charge in [-0.1, -0.05) is 0 Å². The number of carbonyl (C=O) groups is 1. The maximum atomic E-state index is 12.0. The molecule has 6 heteroatoms. The fourth-order valence-electron chi connectivity index (χ4n) is 2.94. The molecule has 0 aromatic carbocycles. The molecule has 3 atom stereocenters. The van der Waals surface area contributed by atoms with Crippen molar-refractivity contribution < 1.29 is 14.3 Å². The van der Waals surface area contributed by atoms with Crippen molar-refractivity contribution in [2.24, 2.45) is 0 Å². The summed E-state index contributed by atoms with van der Waals surface area (Å²) in [6, 6.07) is 3.63. The smallest absolute Gasteiger partial charge is 0.266 e. The van der Waals surface area contributed by atoms with Crippen LogP contribution in [0, 0.1) is 0 Å². The van der Waals surface area contributed by atoms with Gasteiger partial charge in [0, 0.05) is 32.3 Å². The first kappa shape index (κ1) is 14.3. The van der Waals surface area contributed by atoms with E-state index in [4.69, 9.17) is 9.47 Å². The number of hydrogen-bond acceptors (Lipinski definition) is 5. The van der Waals surface area contributed by atoms with Crippen molar-refractivity contribution in [2.75, 3.05) is 25.0 Å². The zero-order valence-corrected chi connectivity index (χ0v) is 12.4. The highest BCUT2D eigenvalue weighted by Gasteiger charge is 2.29. The van der Waals surface area contributed by atoms with Crippen molar-refractivity contribution in [3.8, 4) is 5.75 Å². The molecule has 0 spiro atoms. The van der Waals surface area contributed by atoms with E-state index >= 15 is 0 Å². The highest BCUT2D eigenvalue weighted by atomic mass is 16.5. The summed E-state index contributed by atoms with van der Waals surface area (Å²) in [4.78, 5) is 18.5. The second kappa shape index (κ2) is 5.99. The Kier molecular flexibility index (Phi) is 4.07. The van der Waals surface area contributed by atoms with E-state index in [1.807, 2.05) is 6.07 Å². The number of pyridine rings is 1. The number of nitrogens with zero attached hydrogens (tertiary/aromatic N) is 2. The molecule has 2 aliphatic rings. The highest BCUT2D eigenvalue weighted by molar-refractivity contribution is 5.96. The maximum Gasteiger partial charge on any atom is 0.266 e. The lowest BCUT2D eigenvalue weighted by atomic mass is 10.1. The monoisotopic (exact) mass is 291 g/mol. The Balaban J connectivity index is 1.57.